The van der Waals surface area contributed by atoms with E-state index in [1.165, 1.54) is 4.68 Å². The molecule has 0 saturated heterocycles. The van der Waals surface area contributed by atoms with Crippen LogP contribution in [-0.4, -0.2) is 33.5 Å². The van der Waals surface area contributed by atoms with Gasteiger partial charge in [-0.1, -0.05) is 19.1 Å². The van der Waals surface area contributed by atoms with Crippen molar-refractivity contribution in [1.82, 2.24) is 20.3 Å². The first kappa shape index (κ1) is 13.6. The van der Waals surface area contributed by atoms with Gasteiger partial charge in [0, 0.05) is 18.7 Å². The Labute approximate surface area is 102 Å². The fraction of sp³-hybridized carbons (Fsp3) is 0.727. The van der Waals surface area contributed by atoms with Crippen molar-refractivity contribution in [2.24, 2.45) is 11.7 Å². The second kappa shape index (κ2) is 6.34. The summed E-state index contributed by atoms with van der Waals surface area (Å²) >= 11 is 0. The lowest BCUT2D eigenvalue weighted by Gasteiger charge is -2.17. The van der Waals surface area contributed by atoms with Crippen molar-refractivity contribution in [3.8, 4) is 0 Å². The van der Waals surface area contributed by atoms with Gasteiger partial charge >= 0.3 is 0 Å². The molecule has 1 amide bonds. The van der Waals surface area contributed by atoms with Crippen LogP contribution in [0.3, 0.4) is 0 Å². The highest BCUT2D eigenvalue weighted by molar-refractivity contribution is 5.75. The van der Waals surface area contributed by atoms with Crippen molar-refractivity contribution in [3.63, 3.8) is 0 Å². The molecule has 6 nitrogen and oxygen atoms in total. The molecule has 1 aromatic heterocycles. The second-order valence-corrected chi connectivity index (χ2v) is 4.55. The minimum absolute atomic E-state index is 0.0459. The maximum absolute atomic E-state index is 11.7. The van der Waals surface area contributed by atoms with Crippen molar-refractivity contribution in [2.75, 3.05) is 6.54 Å². The van der Waals surface area contributed by atoms with E-state index in [4.69, 9.17) is 5.73 Å². The van der Waals surface area contributed by atoms with Crippen molar-refractivity contribution < 1.29 is 4.79 Å². The Morgan fingerprint density at radius 1 is 1.53 bits per heavy atom. The molecule has 1 rings (SSSR count). The Bertz CT molecular complexity index is 360. The molecule has 6 heteroatoms. The maximum atomic E-state index is 11.7. The number of nitrogens with zero attached hydrogens (tertiary/aromatic N) is 3. The van der Waals surface area contributed by atoms with Crippen LogP contribution in [0, 0.1) is 5.92 Å². The number of hydrogen-bond acceptors (Lipinski definition) is 4. The van der Waals surface area contributed by atoms with Crippen LogP contribution in [-0.2, 0) is 17.8 Å². The van der Waals surface area contributed by atoms with Crippen LogP contribution in [0.4, 0.5) is 0 Å². The van der Waals surface area contributed by atoms with Crippen LogP contribution >= 0.6 is 0 Å². The molecule has 0 aliphatic rings. The van der Waals surface area contributed by atoms with E-state index in [2.05, 4.69) is 29.5 Å². The van der Waals surface area contributed by atoms with E-state index >= 15 is 0 Å². The summed E-state index contributed by atoms with van der Waals surface area (Å²) in [7, 11) is 0. The van der Waals surface area contributed by atoms with E-state index in [1.54, 1.807) is 6.20 Å². The normalized spacial score (nSPS) is 12.8. The molecule has 17 heavy (non-hydrogen) atoms. The summed E-state index contributed by atoms with van der Waals surface area (Å²) in [5.74, 6) is 0.373. The van der Waals surface area contributed by atoms with Crippen LogP contribution in [0.15, 0.2) is 6.20 Å². The van der Waals surface area contributed by atoms with Gasteiger partial charge in [0.2, 0.25) is 5.91 Å². The molecular weight excluding hydrogens is 218 g/mol. The standard InChI is InChI=1S/C11H21N5O/c1-8(2)9(3)13-11(17)7-16-6-10(4-5-12)14-15-16/h6,8-9H,4-5,7,12H2,1-3H3,(H,13,17). The quantitative estimate of drug-likeness (QED) is 0.728. The molecule has 0 aromatic carbocycles. The van der Waals surface area contributed by atoms with Gasteiger partial charge in [0.1, 0.15) is 6.54 Å². The maximum Gasteiger partial charge on any atom is 0.242 e. The lowest BCUT2D eigenvalue weighted by atomic mass is 10.1. The van der Waals surface area contributed by atoms with Crippen molar-refractivity contribution >= 4 is 5.91 Å². The lowest BCUT2D eigenvalue weighted by Crippen LogP contribution is -2.38. The molecule has 96 valence electrons. The third kappa shape index (κ3) is 4.52. The number of rotatable bonds is 6. The number of aromatic nitrogens is 3. The highest BCUT2D eigenvalue weighted by Crippen LogP contribution is 2.00. The second-order valence-electron chi connectivity index (χ2n) is 4.55. The van der Waals surface area contributed by atoms with Gasteiger partial charge in [-0.3, -0.25) is 4.79 Å². The fourth-order valence-corrected chi connectivity index (χ4v) is 1.29. The van der Waals surface area contributed by atoms with Crippen LogP contribution < -0.4 is 11.1 Å². The van der Waals surface area contributed by atoms with Crippen LogP contribution in [0.2, 0.25) is 0 Å². The molecule has 0 fully saturated rings. The molecule has 3 N–H and O–H groups in total. The minimum Gasteiger partial charge on any atom is -0.352 e. The van der Waals surface area contributed by atoms with Gasteiger partial charge in [-0.05, 0) is 19.4 Å². The van der Waals surface area contributed by atoms with E-state index in [-0.39, 0.29) is 18.5 Å². The number of nitrogens with two attached hydrogens (primary N) is 1. The summed E-state index contributed by atoms with van der Waals surface area (Å²) in [4.78, 5) is 11.7. The van der Waals surface area contributed by atoms with Gasteiger partial charge in [-0.15, -0.1) is 5.10 Å². The first-order chi connectivity index (χ1) is 8.02. The molecule has 0 radical (unpaired) electrons. The predicted molar refractivity (Wildman–Crippen MR) is 65.2 cm³/mol. The van der Waals surface area contributed by atoms with Crippen LogP contribution in [0.25, 0.3) is 0 Å². The van der Waals surface area contributed by atoms with Crippen molar-refractivity contribution in [2.45, 2.75) is 39.8 Å². The summed E-state index contributed by atoms with van der Waals surface area (Å²) in [6, 6.07) is 0.162. The van der Waals surface area contributed by atoms with E-state index in [0.717, 1.165) is 5.69 Å². The van der Waals surface area contributed by atoms with Crippen molar-refractivity contribution in [1.29, 1.82) is 0 Å². The molecule has 0 aliphatic heterocycles. The Morgan fingerprint density at radius 3 is 2.82 bits per heavy atom. The molecule has 0 saturated carbocycles. The number of amides is 1. The molecule has 1 atom stereocenters. The Kier molecular flexibility index (Phi) is 5.09. The molecule has 0 bridgehead atoms. The largest absolute Gasteiger partial charge is 0.352 e. The molecule has 1 unspecified atom stereocenters. The number of carbonyl (C=O) groups excluding carboxylic acids is 1. The lowest BCUT2D eigenvalue weighted by molar-refractivity contribution is -0.122. The van der Waals surface area contributed by atoms with E-state index in [9.17, 15) is 4.79 Å². The van der Waals surface area contributed by atoms with E-state index in [1.807, 2.05) is 6.92 Å². The molecule has 1 aromatic rings. The van der Waals surface area contributed by atoms with Gasteiger partial charge in [0.25, 0.3) is 0 Å². The summed E-state index contributed by atoms with van der Waals surface area (Å²) in [6.07, 6.45) is 2.44. The number of nitrogens with one attached hydrogen (secondary N) is 1. The first-order valence-corrected chi connectivity index (χ1v) is 5.91. The Morgan fingerprint density at radius 2 is 2.24 bits per heavy atom. The van der Waals surface area contributed by atoms with E-state index in [0.29, 0.717) is 18.9 Å². The monoisotopic (exact) mass is 239 g/mol. The van der Waals surface area contributed by atoms with Gasteiger partial charge in [0.05, 0.1) is 5.69 Å². The topological polar surface area (TPSA) is 85.8 Å². The molecular formula is C11H21N5O. The highest BCUT2D eigenvalue weighted by Gasteiger charge is 2.11. The van der Waals surface area contributed by atoms with Gasteiger partial charge < -0.3 is 11.1 Å². The summed E-state index contributed by atoms with van der Waals surface area (Å²) < 4.78 is 1.54. The molecule has 0 spiro atoms. The summed E-state index contributed by atoms with van der Waals surface area (Å²) in [5.41, 5.74) is 6.23. The van der Waals surface area contributed by atoms with Crippen LogP contribution in [0.1, 0.15) is 26.5 Å². The third-order valence-corrected chi connectivity index (χ3v) is 2.68. The zero-order valence-electron chi connectivity index (χ0n) is 10.7. The highest BCUT2D eigenvalue weighted by atomic mass is 16.2. The van der Waals surface area contributed by atoms with Gasteiger partial charge in [-0.2, -0.15) is 0 Å². The van der Waals surface area contributed by atoms with Crippen LogP contribution in [0.5, 0.6) is 0 Å². The third-order valence-electron chi connectivity index (χ3n) is 2.68. The van der Waals surface area contributed by atoms with Crippen molar-refractivity contribution in [3.05, 3.63) is 11.9 Å². The number of hydrogen-bond donors (Lipinski definition) is 2. The average Bonchev–Trinajstić information content (AvgIpc) is 2.65. The van der Waals surface area contributed by atoms with E-state index < -0.39 is 0 Å². The molecule has 1 heterocycles. The average molecular weight is 239 g/mol. The zero-order chi connectivity index (χ0) is 12.8. The Hall–Kier alpha value is -1.43. The fourth-order valence-electron chi connectivity index (χ4n) is 1.29. The van der Waals surface area contributed by atoms with Gasteiger partial charge in [-0.25, -0.2) is 4.68 Å². The minimum atomic E-state index is -0.0459. The smallest absolute Gasteiger partial charge is 0.242 e. The predicted octanol–water partition coefficient (Wildman–Crippen LogP) is -0.0600. The zero-order valence-corrected chi connectivity index (χ0v) is 10.7. The Balaban J connectivity index is 2.44. The first-order valence-electron chi connectivity index (χ1n) is 5.91. The SMILES string of the molecule is CC(C)C(C)NC(=O)Cn1cc(CCN)nn1. The number of carbonyl (C=O) groups is 1. The molecule has 0 aliphatic carbocycles. The summed E-state index contributed by atoms with van der Waals surface area (Å²) in [5, 5.41) is 10.7. The summed E-state index contributed by atoms with van der Waals surface area (Å²) in [6.45, 7) is 6.87. The van der Waals surface area contributed by atoms with Gasteiger partial charge in [0.15, 0.2) is 0 Å².